The Kier molecular flexibility index (Phi) is 6.19. The van der Waals surface area contributed by atoms with Crippen LogP contribution in [0.2, 0.25) is 0 Å². The second-order valence-corrected chi connectivity index (χ2v) is 9.17. The van der Waals surface area contributed by atoms with Crippen molar-refractivity contribution in [1.29, 1.82) is 5.26 Å². The molecule has 3 aliphatic rings. The van der Waals surface area contributed by atoms with Crippen molar-refractivity contribution in [3.8, 4) is 6.07 Å². The summed E-state index contributed by atoms with van der Waals surface area (Å²) >= 11 is 0. The highest BCUT2D eigenvalue weighted by Crippen LogP contribution is 2.33. The summed E-state index contributed by atoms with van der Waals surface area (Å²) in [4.78, 5) is 17.1. The van der Waals surface area contributed by atoms with Gasteiger partial charge in [0.05, 0.1) is 12.6 Å². The van der Waals surface area contributed by atoms with Crippen molar-refractivity contribution < 1.29 is 4.79 Å². The molecule has 0 radical (unpaired) electrons. The summed E-state index contributed by atoms with van der Waals surface area (Å²) < 4.78 is 2.35. The number of carbonyl (C=O) groups excluding carboxylic acids is 1. The van der Waals surface area contributed by atoms with E-state index in [1.807, 2.05) is 7.05 Å². The van der Waals surface area contributed by atoms with Crippen molar-refractivity contribution in [2.24, 2.45) is 0 Å². The Labute approximate surface area is 174 Å². The Morgan fingerprint density at radius 1 is 1.14 bits per heavy atom. The van der Waals surface area contributed by atoms with Crippen molar-refractivity contribution in [2.45, 2.75) is 88.6 Å². The standard InChI is InChI=1S/C22H34N6O/c1-26(22(17-23)11-5-3-6-12-22)20(29)16-27-13-8-9-18(15-27)21-25-24-19-10-4-2-7-14-28(19)21/h18H,2-16H2,1H3. The molecule has 1 saturated carbocycles. The maximum Gasteiger partial charge on any atom is 0.237 e. The van der Waals surface area contributed by atoms with Crippen molar-refractivity contribution in [1.82, 2.24) is 24.6 Å². The molecule has 4 rings (SSSR count). The molecule has 1 atom stereocenters. The molecule has 1 unspecified atom stereocenters. The molecule has 0 spiro atoms. The summed E-state index contributed by atoms with van der Waals surface area (Å²) in [5.41, 5.74) is -0.602. The SMILES string of the molecule is CN(C(=O)CN1CCCC(c2nnc3n2CCCCC3)C1)C1(C#N)CCCCC1. The van der Waals surface area contributed by atoms with Gasteiger partial charge in [-0.2, -0.15) is 5.26 Å². The molecule has 29 heavy (non-hydrogen) atoms. The van der Waals surface area contributed by atoms with Gasteiger partial charge in [0, 0.05) is 32.5 Å². The number of aromatic nitrogens is 3. The number of nitriles is 1. The monoisotopic (exact) mass is 398 g/mol. The first-order valence-electron chi connectivity index (χ1n) is 11.5. The third-order valence-corrected chi connectivity index (χ3v) is 7.27. The predicted molar refractivity (Wildman–Crippen MR) is 110 cm³/mol. The largest absolute Gasteiger partial charge is 0.326 e. The molecule has 3 heterocycles. The minimum Gasteiger partial charge on any atom is -0.326 e. The zero-order valence-corrected chi connectivity index (χ0v) is 17.8. The zero-order chi connectivity index (χ0) is 20.3. The molecule has 0 bridgehead atoms. The summed E-state index contributed by atoms with van der Waals surface area (Å²) in [7, 11) is 1.83. The summed E-state index contributed by atoms with van der Waals surface area (Å²) in [6.07, 6.45) is 11.7. The van der Waals surface area contributed by atoms with Crippen LogP contribution >= 0.6 is 0 Å². The Morgan fingerprint density at radius 2 is 1.93 bits per heavy atom. The van der Waals surface area contributed by atoms with Crippen molar-refractivity contribution in [3.63, 3.8) is 0 Å². The van der Waals surface area contributed by atoms with Crippen LogP contribution in [0.3, 0.4) is 0 Å². The molecule has 7 nitrogen and oxygen atoms in total. The topological polar surface area (TPSA) is 78.1 Å². The van der Waals surface area contributed by atoms with E-state index in [4.69, 9.17) is 0 Å². The van der Waals surface area contributed by atoms with Crippen LogP contribution in [0.25, 0.3) is 0 Å². The van der Waals surface area contributed by atoms with Crippen molar-refractivity contribution >= 4 is 5.91 Å². The number of fused-ring (bicyclic) bond motifs is 1. The molecule has 1 saturated heterocycles. The molecule has 1 aliphatic carbocycles. The number of hydrogen-bond acceptors (Lipinski definition) is 5. The van der Waals surface area contributed by atoms with E-state index >= 15 is 0 Å². The van der Waals surface area contributed by atoms with Gasteiger partial charge >= 0.3 is 0 Å². The summed E-state index contributed by atoms with van der Waals surface area (Å²) in [5, 5.41) is 18.8. The van der Waals surface area contributed by atoms with Crippen LogP contribution in [0, 0.1) is 11.3 Å². The van der Waals surface area contributed by atoms with Crippen LogP contribution in [0.5, 0.6) is 0 Å². The maximum atomic E-state index is 13.0. The smallest absolute Gasteiger partial charge is 0.237 e. The van der Waals surface area contributed by atoms with Gasteiger partial charge in [-0.25, -0.2) is 0 Å². The normalized spacial score (nSPS) is 24.9. The molecule has 1 aromatic rings. The van der Waals surface area contributed by atoms with Gasteiger partial charge in [-0.15, -0.1) is 10.2 Å². The number of nitrogens with zero attached hydrogens (tertiary/aromatic N) is 6. The molecular formula is C22H34N6O. The number of rotatable bonds is 4. The van der Waals surface area contributed by atoms with Gasteiger partial charge in [0.25, 0.3) is 0 Å². The fourth-order valence-electron chi connectivity index (χ4n) is 5.41. The average molecular weight is 399 g/mol. The lowest BCUT2D eigenvalue weighted by atomic mass is 9.81. The third-order valence-electron chi connectivity index (χ3n) is 7.27. The molecule has 2 aliphatic heterocycles. The second-order valence-electron chi connectivity index (χ2n) is 9.17. The molecule has 1 aromatic heterocycles. The fraction of sp³-hybridized carbons (Fsp3) is 0.818. The van der Waals surface area contributed by atoms with E-state index in [1.165, 1.54) is 25.7 Å². The number of aryl methyl sites for hydroxylation is 1. The second kappa shape index (κ2) is 8.83. The van der Waals surface area contributed by atoms with E-state index in [0.717, 1.165) is 76.2 Å². The van der Waals surface area contributed by atoms with E-state index < -0.39 is 5.54 Å². The highest BCUT2D eigenvalue weighted by Gasteiger charge is 2.39. The molecule has 0 aromatic carbocycles. The molecule has 2 fully saturated rings. The summed E-state index contributed by atoms with van der Waals surface area (Å²) in [5.74, 6) is 2.68. The molecule has 1 amide bonds. The number of hydrogen-bond donors (Lipinski definition) is 0. The number of amides is 1. The minimum absolute atomic E-state index is 0.0779. The minimum atomic E-state index is -0.602. The Bertz CT molecular complexity index is 760. The summed E-state index contributed by atoms with van der Waals surface area (Å²) in [6, 6.07) is 2.47. The van der Waals surface area contributed by atoms with Crippen LogP contribution < -0.4 is 0 Å². The van der Waals surface area contributed by atoms with Crippen molar-refractivity contribution in [3.05, 3.63) is 11.6 Å². The van der Waals surface area contributed by atoms with Crippen LogP contribution in [0.1, 0.15) is 81.8 Å². The quantitative estimate of drug-likeness (QED) is 0.779. The predicted octanol–water partition coefficient (Wildman–Crippen LogP) is 2.87. The lowest BCUT2D eigenvalue weighted by Crippen LogP contribution is -2.53. The fourth-order valence-corrected chi connectivity index (χ4v) is 5.41. The molecule has 0 N–H and O–H groups in total. The Hall–Kier alpha value is -1.94. The number of piperidine rings is 1. The first-order chi connectivity index (χ1) is 14.1. The van der Waals surface area contributed by atoms with E-state index in [9.17, 15) is 10.1 Å². The maximum absolute atomic E-state index is 13.0. The Morgan fingerprint density at radius 3 is 2.72 bits per heavy atom. The highest BCUT2D eigenvalue weighted by atomic mass is 16.2. The van der Waals surface area contributed by atoms with Gasteiger partial charge in [0.2, 0.25) is 5.91 Å². The lowest BCUT2D eigenvalue weighted by Gasteiger charge is -2.40. The summed E-state index contributed by atoms with van der Waals surface area (Å²) in [6.45, 7) is 3.23. The number of likely N-dealkylation sites (tertiary alicyclic amines) is 1. The van der Waals surface area contributed by atoms with E-state index in [-0.39, 0.29) is 5.91 Å². The highest BCUT2D eigenvalue weighted by molar-refractivity contribution is 5.79. The van der Waals surface area contributed by atoms with Gasteiger partial charge in [-0.1, -0.05) is 25.7 Å². The van der Waals surface area contributed by atoms with Crippen molar-refractivity contribution in [2.75, 3.05) is 26.7 Å². The first-order valence-corrected chi connectivity index (χ1v) is 11.5. The van der Waals surface area contributed by atoms with Gasteiger partial charge in [0.1, 0.15) is 17.2 Å². The van der Waals surface area contributed by atoms with Gasteiger partial charge in [0.15, 0.2) is 0 Å². The number of carbonyl (C=O) groups is 1. The third kappa shape index (κ3) is 4.18. The van der Waals surface area contributed by atoms with Gasteiger partial charge in [-0.05, 0) is 45.1 Å². The molecular weight excluding hydrogens is 364 g/mol. The van der Waals surface area contributed by atoms with E-state index in [0.29, 0.717) is 12.5 Å². The van der Waals surface area contributed by atoms with Crippen LogP contribution in [-0.4, -0.2) is 62.7 Å². The van der Waals surface area contributed by atoms with E-state index in [1.54, 1.807) is 4.90 Å². The Balaban J connectivity index is 1.41. The van der Waals surface area contributed by atoms with Crippen LogP contribution in [0.15, 0.2) is 0 Å². The molecule has 158 valence electrons. The lowest BCUT2D eigenvalue weighted by molar-refractivity contribution is -0.136. The van der Waals surface area contributed by atoms with Crippen LogP contribution in [-0.2, 0) is 17.8 Å². The number of likely N-dealkylation sites (N-methyl/N-ethyl adjacent to an activating group) is 1. The first kappa shape index (κ1) is 20.3. The van der Waals surface area contributed by atoms with Crippen LogP contribution in [0.4, 0.5) is 0 Å². The molecule has 7 heteroatoms. The van der Waals surface area contributed by atoms with E-state index in [2.05, 4.69) is 25.7 Å². The van der Waals surface area contributed by atoms with Gasteiger partial charge in [-0.3, -0.25) is 9.69 Å². The van der Waals surface area contributed by atoms with Gasteiger partial charge < -0.3 is 9.47 Å². The average Bonchev–Trinajstić information content (AvgIpc) is 3.02. The zero-order valence-electron chi connectivity index (χ0n) is 17.8.